The molecule has 0 saturated carbocycles. The van der Waals surface area contributed by atoms with E-state index in [9.17, 15) is 0 Å². The van der Waals surface area contributed by atoms with E-state index in [4.69, 9.17) is 0 Å². The van der Waals surface area contributed by atoms with Gasteiger partial charge < -0.3 is 9.47 Å². The average molecular weight is 689 g/mol. The second kappa shape index (κ2) is 13.4. The molecule has 0 amide bonds. The van der Waals surface area contributed by atoms with Crippen LogP contribution in [0, 0.1) is 0 Å². The van der Waals surface area contributed by atoms with E-state index in [0.717, 1.165) is 28.3 Å². The lowest BCUT2D eigenvalue weighted by Crippen LogP contribution is -2.10. The zero-order valence-electron chi connectivity index (χ0n) is 29.7. The molecule has 0 atom stereocenters. The van der Waals surface area contributed by atoms with Crippen LogP contribution in [0.25, 0.3) is 71.6 Å². The maximum atomic E-state index is 2.42. The van der Waals surface area contributed by atoms with E-state index in [1.54, 1.807) is 0 Å². The molecule has 0 aliphatic heterocycles. The van der Waals surface area contributed by atoms with Gasteiger partial charge in [0.05, 0.1) is 11.0 Å². The number of benzene rings is 9. The largest absolute Gasteiger partial charge is 0.310 e. The number of nitrogens with zero attached hydrogens (tertiary/aromatic N) is 2. The highest BCUT2D eigenvalue weighted by molar-refractivity contribution is 6.16. The number of anilines is 3. The van der Waals surface area contributed by atoms with Crippen molar-refractivity contribution in [2.24, 2.45) is 0 Å². The van der Waals surface area contributed by atoms with Gasteiger partial charge in [0.15, 0.2) is 0 Å². The van der Waals surface area contributed by atoms with Gasteiger partial charge in [-0.1, -0.05) is 158 Å². The SMILES string of the molecule is c1ccc(-c2cccc(N(c3ccc4cc(-c5ccccc5)ccc4c3)c3ccc4c5c(-c6ccccc6)cccc5n(-c5ccccc5)c4c3)c2)cc1. The Morgan fingerprint density at radius 3 is 1.57 bits per heavy atom. The van der Waals surface area contributed by atoms with Crippen LogP contribution in [0.2, 0.25) is 0 Å². The summed E-state index contributed by atoms with van der Waals surface area (Å²) in [7, 11) is 0. The highest BCUT2D eigenvalue weighted by Crippen LogP contribution is 2.43. The third kappa shape index (κ3) is 5.62. The average Bonchev–Trinajstić information content (AvgIpc) is 3.59. The third-order valence-corrected chi connectivity index (χ3v) is 10.5. The van der Waals surface area contributed by atoms with Gasteiger partial charge in [-0.15, -0.1) is 0 Å². The molecule has 0 N–H and O–H groups in total. The van der Waals surface area contributed by atoms with Crippen molar-refractivity contribution >= 4 is 49.6 Å². The number of hydrogen-bond acceptors (Lipinski definition) is 1. The van der Waals surface area contributed by atoms with E-state index in [-0.39, 0.29) is 0 Å². The van der Waals surface area contributed by atoms with Gasteiger partial charge in [0.1, 0.15) is 0 Å². The monoisotopic (exact) mass is 688 g/mol. The molecule has 0 saturated heterocycles. The van der Waals surface area contributed by atoms with Gasteiger partial charge in [-0.25, -0.2) is 0 Å². The Labute approximate surface area is 315 Å². The summed E-state index contributed by atoms with van der Waals surface area (Å²) in [4.78, 5) is 2.40. The first-order valence-electron chi connectivity index (χ1n) is 18.5. The molecule has 54 heavy (non-hydrogen) atoms. The Hall–Kier alpha value is -7.16. The van der Waals surface area contributed by atoms with E-state index in [1.165, 1.54) is 60.4 Å². The van der Waals surface area contributed by atoms with Crippen LogP contribution < -0.4 is 4.90 Å². The van der Waals surface area contributed by atoms with Crippen molar-refractivity contribution in [3.05, 3.63) is 218 Å². The molecule has 10 aromatic rings. The Morgan fingerprint density at radius 2 is 0.852 bits per heavy atom. The summed E-state index contributed by atoms with van der Waals surface area (Å²) in [6.07, 6.45) is 0. The second-order valence-electron chi connectivity index (χ2n) is 13.8. The molecule has 2 nitrogen and oxygen atoms in total. The first-order chi connectivity index (χ1) is 26.8. The van der Waals surface area contributed by atoms with E-state index >= 15 is 0 Å². The lowest BCUT2D eigenvalue weighted by atomic mass is 9.99. The van der Waals surface area contributed by atoms with Gasteiger partial charge in [0.2, 0.25) is 0 Å². The van der Waals surface area contributed by atoms with Gasteiger partial charge >= 0.3 is 0 Å². The molecule has 0 aliphatic carbocycles. The van der Waals surface area contributed by atoms with Crippen LogP contribution in [0.1, 0.15) is 0 Å². The zero-order valence-corrected chi connectivity index (χ0v) is 29.7. The maximum absolute atomic E-state index is 2.42. The molecule has 0 unspecified atom stereocenters. The fourth-order valence-corrected chi connectivity index (χ4v) is 7.99. The minimum absolute atomic E-state index is 1.09. The van der Waals surface area contributed by atoms with Gasteiger partial charge in [0.25, 0.3) is 0 Å². The van der Waals surface area contributed by atoms with Crippen molar-refractivity contribution in [1.82, 2.24) is 4.57 Å². The van der Waals surface area contributed by atoms with E-state index in [2.05, 4.69) is 228 Å². The minimum Gasteiger partial charge on any atom is -0.310 e. The molecule has 0 aliphatic rings. The summed E-state index contributed by atoms with van der Waals surface area (Å²) in [5.41, 5.74) is 14.0. The Morgan fingerprint density at radius 1 is 0.315 bits per heavy atom. The van der Waals surface area contributed by atoms with Crippen LogP contribution in [0.4, 0.5) is 17.1 Å². The summed E-state index contributed by atoms with van der Waals surface area (Å²) in [5.74, 6) is 0. The molecule has 2 heteroatoms. The molecule has 254 valence electrons. The van der Waals surface area contributed by atoms with Gasteiger partial charge in [-0.3, -0.25) is 0 Å². The molecular weight excluding hydrogens is 653 g/mol. The lowest BCUT2D eigenvalue weighted by molar-refractivity contribution is 1.18. The van der Waals surface area contributed by atoms with Crippen molar-refractivity contribution in [3.8, 4) is 39.1 Å². The smallest absolute Gasteiger partial charge is 0.0562 e. The topological polar surface area (TPSA) is 8.17 Å². The summed E-state index contributed by atoms with van der Waals surface area (Å²) in [5, 5.41) is 4.89. The normalized spacial score (nSPS) is 11.3. The lowest BCUT2D eigenvalue weighted by Gasteiger charge is -2.27. The van der Waals surface area contributed by atoms with Crippen LogP contribution in [0.3, 0.4) is 0 Å². The van der Waals surface area contributed by atoms with Gasteiger partial charge in [0, 0.05) is 33.5 Å². The predicted octanol–water partition coefficient (Wildman–Crippen LogP) is 14.4. The number of para-hydroxylation sites is 1. The summed E-state index contributed by atoms with van der Waals surface area (Å²) in [6.45, 7) is 0. The Kier molecular flexibility index (Phi) is 7.85. The standard InChI is InChI=1S/C52H36N2/c1-5-15-37(16-6-1)40-21-13-24-45(34-40)53(46-30-29-42-33-41(27-28-43(42)35-46)38-17-7-2-8-18-38)47-31-32-49-51(36-47)54(44-22-11-4-12-23-44)50-26-14-25-48(52(49)50)39-19-9-3-10-20-39/h1-36H. The van der Waals surface area contributed by atoms with Crippen molar-refractivity contribution in [3.63, 3.8) is 0 Å². The van der Waals surface area contributed by atoms with Crippen LogP contribution in [-0.2, 0) is 0 Å². The van der Waals surface area contributed by atoms with Gasteiger partial charge in [-0.05, 0) is 105 Å². The molecule has 0 bridgehead atoms. The van der Waals surface area contributed by atoms with E-state index < -0.39 is 0 Å². The summed E-state index contributed by atoms with van der Waals surface area (Å²) < 4.78 is 2.42. The third-order valence-electron chi connectivity index (χ3n) is 10.5. The molecule has 0 radical (unpaired) electrons. The summed E-state index contributed by atoms with van der Waals surface area (Å²) >= 11 is 0. The number of aromatic nitrogens is 1. The van der Waals surface area contributed by atoms with Crippen molar-refractivity contribution < 1.29 is 0 Å². The molecule has 10 rings (SSSR count). The quantitative estimate of drug-likeness (QED) is 0.162. The van der Waals surface area contributed by atoms with Crippen LogP contribution in [0.15, 0.2) is 218 Å². The fraction of sp³-hybridized carbons (Fsp3) is 0. The van der Waals surface area contributed by atoms with E-state index in [1.807, 2.05) is 0 Å². The predicted molar refractivity (Wildman–Crippen MR) is 229 cm³/mol. The van der Waals surface area contributed by atoms with Gasteiger partial charge in [-0.2, -0.15) is 0 Å². The number of rotatable bonds is 7. The fourth-order valence-electron chi connectivity index (χ4n) is 7.99. The van der Waals surface area contributed by atoms with Crippen LogP contribution >= 0.6 is 0 Å². The second-order valence-corrected chi connectivity index (χ2v) is 13.8. The maximum Gasteiger partial charge on any atom is 0.0562 e. The Bertz CT molecular complexity index is 2910. The summed E-state index contributed by atoms with van der Waals surface area (Å²) in [6, 6.07) is 78.9. The highest BCUT2D eigenvalue weighted by Gasteiger charge is 2.20. The zero-order chi connectivity index (χ0) is 35.8. The molecule has 9 aromatic carbocycles. The number of hydrogen-bond donors (Lipinski definition) is 0. The molecule has 0 spiro atoms. The van der Waals surface area contributed by atoms with Crippen molar-refractivity contribution in [2.75, 3.05) is 4.90 Å². The Balaban J connectivity index is 1.20. The molecule has 0 fully saturated rings. The minimum atomic E-state index is 1.09. The van der Waals surface area contributed by atoms with Crippen LogP contribution in [0.5, 0.6) is 0 Å². The first kappa shape index (κ1) is 31.6. The van der Waals surface area contributed by atoms with E-state index in [0.29, 0.717) is 0 Å². The van der Waals surface area contributed by atoms with Crippen LogP contribution in [-0.4, -0.2) is 4.57 Å². The molecule has 1 aromatic heterocycles. The molecular formula is C52H36N2. The highest BCUT2D eigenvalue weighted by atomic mass is 15.1. The van der Waals surface area contributed by atoms with Crippen molar-refractivity contribution in [1.29, 1.82) is 0 Å². The molecule has 1 heterocycles. The number of fused-ring (bicyclic) bond motifs is 4. The first-order valence-corrected chi connectivity index (χ1v) is 18.5. The van der Waals surface area contributed by atoms with Crippen molar-refractivity contribution in [2.45, 2.75) is 0 Å².